The molecule has 13 nitrogen and oxygen atoms in total. The van der Waals surface area contributed by atoms with Crippen molar-refractivity contribution in [3.05, 3.63) is 0 Å². The normalized spacial score (nSPS) is 15.0. The van der Waals surface area contributed by atoms with Crippen LogP contribution < -0.4 is 5.32 Å². The molecule has 0 unspecified atom stereocenters. The average molecular weight is 495 g/mol. The Morgan fingerprint density at radius 2 is 1.52 bits per heavy atom. The first-order valence-corrected chi connectivity index (χ1v) is 10.9. The number of thioether (sulfide) groups is 1. The van der Waals surface area contributed by atoms with Gasteiger partial charge in [-0.2, -0.15) is 0 Å². The highest BCUT2D eigenvalue weighted by molar-refractivity contribution is 8.14. The van der Waals surface area contributed by atoms with E-state index in [4.69, 9.17) is 18.9 Å². The molecule has 1 saturated heterocycles. The molecule has 0 aliphatic carbocycles. The average Bonchev–Trinajstić information content (AvgIpc) is 2.71. The fourth-order valence-electron chi connectivity index (χ4n) is 2.49. The molecule has 0 aromatic rings. The van der Waals surface area contributed by atoms with E-state index in [9.17, 15) is 24.0 Å². The van der Waals surface area contributed by atoms with Gasteiger partial charge >= 0.3 is 29.3 Å². The van der Waals surface area contributed by atoms with Gasteiger partial charge in [0.25, 0.3) is 0 Å². The number of nitrogens with one attached hydrogen (secondary N) is 1. The summed E-state index contributed by atoms with van der Waals surface area (Å²) in [6.07, 6.45) is -1.06. The zero-order valence-corrected chi connectivity index (χ0v) is 19.9. The van der Waals surface area contributed by atoms with Gasteiger partial charge in [0.15, 0.2) is 0 Å². The summed E-state index contributed by atoms with van der Waals surface area (Å²) in [5.74, 6) is -2.10. The Morgan fingerprint density at radius 3 is 2.09 bits per heavy atom. The van der Waals surface area contributed by atoms with E-state index in [0.717, 1.165) is 13.8 Å². The second kappa shape index (κ2) is 14.5. The summed E-state index contributed by atoms with van der Waals surface area (Å²) in [5.41, 5.74) is 0. The largest absolute Gasteiger partial charge is 0.463 e. The summed E-state index contributed by atoms with van der Waals surface area (Å²) < 4.78 is 27.9. The molecule has 0 bridgehead atoms. The third-order valence-corrected chi connectivity index (χ3v) is 5.23. The number of esters is 3. The topological polar surface area (TPSA) is 156 Å². The van der Waals surface area contributed by atoms with Crippen LogP contribution in [-0.2, 0) is 42.8 Å². The van der Waals surface area contributed by atoms with Crippen LogP contribution in [-0.4, -0.2) is 98.0 Å². The second-order valence-electron chi connectivity index (χ2n) is 7.24. The standard InChI is InChI=1S/C19H30N2O11S/c1-13(22)29-11-31-17(25)20-15(16(24)28-10-7-21-5-8-27-9-6-21)19(3,4)33-18(26)32-12-30-14(2)23/h15H,5-12H2,1-4H3,(H,20,25)/t15-/m0/s1. The van der Waals surface area contributed by atoms with Crippen LogP contribution in [0.4, 0.5) is 9.59 Å². The minimum absolute atomic E-state index is 0.0527. The van der Waals surface area contributed by atoms with Crippen molar-refractivity contribution in [1.29, 1.82) is 0 Å². The number of amides is 1. The van der Waals surface area contributed by atoms with Crippen molar-refractivity contribution in [2.24, 2.45) is 0 Å². The van der Waals surface area contributed by atoms with Crippen LogP contribution >= 0.6 is 11.8 Å². The van der Waals surface area contributed by atoms with Crippen LogP contribution in [0.15, 0.2) is 0 Å². The second-order valence-corrected chi connectivity index (χ2v) is 8.83. The van der Waals surface area contributed by atoms with E-state index < -0.39 is 53.7 Å². The minimum Gasteiger partial charge on any atom is -0.463 e. The van der Waals surface area contributed by atoms with Gasteiger partial charge in [-0.1, -0.05) is 0 Å². The van der Waals surface area contributed by atoms with Crippen molar-refractivity contribution in [1.82, 2.24) is 10.2 Å². The Labute approximate surface area is 195 Å². The molecular weight excluding hydrogens is 464 g/mol. The van der Waals surface area contributed by atoms with E-state index in [1.54, 1.807) is 0 Å². The summed E-state index contributed by atoms with van der Waals surface area (Å²) in [6, 6.07) is -1.33. The Bertz CT molecular complexity index is 695. The summed E-state index contributed by atoms with van der Waals surface area (Å²) in [5, 5.41) is 1.48. The van der Waals surface area contributed by atoms with Gasteiger partial charge in [0.1, 0.15) is 12.6 Å². The molecule has 0 aromatic carbocycles. The van der Waals surface area contributed by atoms with E-state index >= 15 is 0 Å². The lowest BCUT2D eigenvalue weighted by Gasteiger charge is -2.31. The minimum atomic E-state index is -1.33. The number of nitrogens with zero attached hydrogens (tertiary/aromatic N) is 1. The molecule has 188 valence electrons. The number of alkyl carbamates (subject to hydrolysis) is 1. The zero-order chi connectivity index (χ0) is 24.9. The number of rotatable bonds is 11. The third kappa shape index (κ3) is 12.3. The lowest BCUT2D eigenvalue weighted by Crippen LogP contribution is -2.54. The number of carbonyl (C=O) groups is 5. The number of ether oxygens (including phenoxy) is 6. The Kier molecular flexibility index (Phi) is 12.5. The Hall–Kier alpha value is -2.58. The van der Waals surface area contributed by atoms with E-state index in [-0.39, 0.29) is 6.61 Å². The first-order chi connectivity index (χ1) is 15.5. The van der Waals surface area contributed by atoms with Crippen LogP contribution in [0.5, 0.6) is 0 Å². The van der Waals surface area contributed by atoms with E-state index in [0.29, 0.717) is 44.6 Å². The van der Waals surface area contributed by atoms with Gasteiger partial charge in [-0.25, -0.2) is 14.4 Å². The molecular formula is C19H30N2O11S. The molecule has 1 N–H and O–H groups in total. The lowest BCUT2D eigenvalue weighted by atomic mass is 10.0. The highest BCUT2D eigenvalue weighted by Gasteiger charge is 2.41. The summed E-state index contributed by atoms with van der Waals surface area (Å²) >= 11 is 0.586. The number of morpholine rings is 1. The smallest absolute Gasteiger partial charge is 0.410 e. The number of hydrogen-bond acceptors (Lipinski definition) is 13. The van der Waals surface area contributed by atoms with Crippen LogP contribution in [0.25, 0.3) is 0 Å². The predicted molar refractivity (Wildman–Crippen MR) is 113 cm³/mol. The van der Waals surface area contributed by atoms with E-state index in [1.165, 1.54) is 13.8 Å². The van der Waals surface area contributed by atoms with Crippen molar-refractivity contribution in [2.45, 2.75) is 38.5 Å². The maximum absolute atomic E-state index is 12.8. The summed E-state index contributed by atoms with van der Waals surface area (Å²) in [7, 11) is 0. The maximum atomic E-state index is 12.8. The summed E-state index contributed by atoms with van der Waals surface area (Å²) in [4.78, 5) is 60.6. The van der Waals surface area contributed by atoms with Crippen LogP contribution in [0.2, 0.25) is 0 Å². The molecule has 0 spiro atoms. The van der Waals surface area contributed by atoms with Gasteiger partial charge in [0.05, 0.1) is 18.0 Å². The van der Waals surface area contributed by atoms with Crippen molar-refractivity contribution < 1.29 is 52.4 Å². The van der Waals surface area contributed by atoms with E-state index in [1.807, 2.05) is 0 Å². The van der Waals surface area contributed by atoms with Crippen molar-refractivity contribution >= 4 is 41.1 Å². The molecule has 33 heavy (non-hydrogen) atoms. The molecule has 0 aromatic heterocycles. The Balaban J connectivity index is 2.73. The molecule has 1 aliphatic rings. The quantitative estimate of drug-likeness (QED) is 0.243. The molecule has 1 aliphatic heterocycles. The fraction of sp³-hybridized carbons (Fsp3) is 0.737. The monoisotopic (exact) mass is 494 g/mol. The highest BCUT2D eigenvalue weighted by Crippen LogP contribution is 2.31. The number of carbonyl (C=O) groups excluding carboxylic acids is 5. The SMILES string of the molecule is CC(=O)OCOC(=O)N[C@@H](C(=O)OCCN1CCOCC1)C(C)(C)SC(=O)OCOC(C)=O. The molecule has 0 radical (unpaired) electrons. The number of hydrogen-bond donors (Lipinski definition) is 1. The molecule has 14 heteroatoms. The van der Waals surface area contributed by atoms with Crippen LogP contribution in [0.1, 0.15) is 27.7 Å². The molecule has 1 heterocycles. The van der Waals surface area contributed by atoms with Gasteiger partial charge in [-0.3, -0.25) is 14.5 Å². The molecule has 0 saturated carbocycles. The Morgan fingerprint density at radius 1 is 0.939 bits per heavy atom. The van der Waals surface area contributed by atoms with Crippen LogP contribution in [0.3, 0.4) is 0 Å². The highest BCUT2D eigenvalue weighted by atomic mass is 32.2. The maximum Gasteiger partial charge on any atom is 0.410 e. The van der Waals surface area contributed by atoms with Gasteiger partial charge < -0.3 is 33.7 Å². The first-order valence-electron chi connectivity index (χ1n) is 10.0. The predicted octanol–water partition coefficient (Wildman–Crippen LogP) is 0.646. The van der Waals surface area contributed by atoms with Gasteiger partial charge in [-0.05, 0) is 25.6 Å². The third-order valence-electron chi connectivity index (χ3n) is 4.19. The fourth-order valence-corrected chi connectivity index (χ4v) is 3.30. The van der Waals surface area contributed by atoms with Gasteiger partial charge in [-0.15, -0.1) is 0 Å². The lowest BCUT2D eigenvalue weighted by molar-refractivity contribution is -0.151. The molecule has 1 rings (SSSR count). The zero-order valence-electron chi connectivity index (χ0n) is 19.1. The molecule has 1 fully saturated rings. The van der Waals surface area contributed by atoms with Crippen molar-refractivity contribution in [2.75, 3.05) is 53.0 Å². The van der Waals surface area contributed by atoms with E-state index in [2.05, 4.69) is 19.7 Å². The first kappa shape index (κ1) is 28.5. The van der Waals surface area contributed by atoms with Crippen molar-refractivity contribution in [3.8, 4) is 0 Å². The van der Waals surface area contributed by atoms with Crippen LogP contribution in [0, 0.1) is 0 Å². The van der Waals surface area contributed by atoms with Gasteiger partial charge in [0, 0.05) is 33.5 Å². The van der Waals surface area contributed by atoms with Crippen molar-refractivity contribution in [3.63, 3.8) is 0 Å². The molecule has 1 amide bonds. The van der Waals surface area contributed by atoms with Gasteiger partial charge in [0.2, 0.25) is 13.6 Å². The summed E-state index contributed by atoms with van der Waals surface area (Å²) in [6.45, 7) is 7.16. The molecule has 1 atom stereocenters.